The Kier molecular flexibility index (Phi) is 3.74. The zero-order valence-corrected chi connectivity index (χ0v) is 8.50. The van der Waals surface area contributed by atoms with Crippen molar-refractivity contribution < 1.29 is 4.79 Å². The summed E-state index contributed by atoms with van der Waals surface area (Å²) in [6.07, 6.45) is 0.399. The van der Waals surface area contributed by atoms with Gasteiger partial charge in [0.1, 0.15) is 5.84 Å². The van der Waals surface area contributed by atoms with Crippen LogP contribution in [0.1, 0.15) is 12.5 Å². The van der Waals surface area contributed by atoms with Crippen LogP contribution in [0.15, 0.2) is 30.3 Å². The van der Waals surface area contributed by atoms with Gasteiger partial charge in [0, 0.05) is 13.3 Å². The summed E-state index contributed by atoms with van der Waals surface area (Å²) in [6.45, 7) is 1.30. The minimum absolute atomic E-state index is 0.154. The third-order valence-corrected chi connectivity index (χ3v) is 1.85. The second kappa shape index (κ2) is 5.05. The van der Waals surface area contributed by atoms with Gasteiger partial charge < -0.3 is 5.32 Å². The van der Waals surface area contributed by atoms with Crippen LogP contribution >= 0.6 is 0 Å². The number of amidine groups is 2. The van der Waals surface area contributed by atoms with E-state index < -0.39 is 0 Å². The van der Waals surface area contributed by atoms with Crippen LogP contribution in [0.3, 0.4) is 0 Å². The molecule has 0 bridgehead atoms. The van der Waals surface area contributed by atoms with Crippen LogP contribution in [0.2, 0.25) is 0 Å². The van der Waals surface area contributed by atoms with Crippen LogP contribution in [-0.2, 0) is 11.2 Å². The molecule has 0 heterocycles. The molecule has 78 valence electrons. The molecular formula is C11H13N3O. The fraction of sp³-hybridized carbons (Fsp3) is 0.182. The van der Waals surface area contributed by atoms with Gasteiger partial charge in [-0.25, -0.2) is 0 Å². The van der Waals surface area contributed by atoms with Crippen molar-refractivity contribution in [3.8, 4) is 0 Å². The van der Waals surface area contributed by atoms with E-state index in [-0.39, 0.29) is 17.5 Å². The maximum atomic E-state index is 10.7. The molecule has 0 aliphatic heterocycles. The molecule has 4 nitrogen and oxygen atoms in total. The molecular weight excluding hydrogens is 190 g/mol. The van der Waals surface area contributed by atoms with E-state index in [1.54, 1.807) is 0 Å². The van der Waals surface area contributed by atoms with Crippen LogP contribution in [0.5, 0.6) is 0 Å². The fourth-order valence-corrected chi connectivity index (χ4v) is 1.08. The van der Waals surface area contributed by atoms with Crippen molar-refractivity contribution in [2.24, 2.45) is 0 Å². The van der Waals surface area contributed by atoms with Gasteiger partial charge in [0.15, 0.2) is 11.6 Å². The molecule has 0 radical (unpaired) electrons. The van der Waals surface area contributed by atoms with E-state index in [2.05, 4.69) is 5.32 Å². The van der Waals surface area contributed by atoms with Gasteiger partial charge in [0.05, 0.1) is 0 Å². The maximum Gasteiger partial charge on any atom is 0.194 e. The van der Waals surface area contributed by atoms with Gasteiger partial charge in [0.2, 0.25) is 0 Å². The molecule has 1 aromatic carbocycles. The minimum Gasteiger partial charge on any atom is -0.326 e. The first kappa shape index (κ1) is 11.1. The summed E-state index contributed by atoms with van der Waals surface area (Å²) in [7, 11) is 0. The number of hydrogen-bond donors (Lipinski definition) is 3. The molecule has 15 heavy (non-hydrogen) atoms. The molecule has 0 saturated carbocycles. The number of carbonyl (C=O) groups is 1. The monoisotopic (exact) mass is 203 g/mol. The molecule has 0 saturated heterocycles. The zero-order chi connectivity index (χ0) is 11.3. The topological polar surface area (TPSA) is 76.8 Å². The highest BCUT2D eigenvalue weighted by Crippen LogP contribution is 1.99. The van der Waals surface area contributed by atoms with E-state index in [0.29, 0.717) is 6.42 Å². The number of carbonyl (C=O) groups excluding carboxylic acids is 1. The first-order valence-electron chi connectivity index (χ1n) is 4.57. The van der Waals surface area contributed by atoms with Crippen LogP contribution in [0.4, 0.5) is 0 Å². The van der Waals surface area contributed by atoms with E-state index in [9.17, 15) is 4.79 Å². The molecule has 0 amide bonds. The third kappa shape index (κ3) is 3.72. The van der Waals surface area contributed by atoms with Gasteiger partial charge in [-0.1, -0.05) is 30.3 Å². The summed E-state index contributed by atoms with van der Waals surface area (Å²) in [4.78, 5) is 10.7. The largest absolute Gasteiger partial charge is 0.326 e. The van der Waals surface area contributed by atoms with Gasteiger partial charge in [-0.15, -0.1) is 0 Å². The zero-order valence-electron chi connectivity index (χ0n) is 8.50. The molecule has 0 aromatic heterocycles. The number of hydrogen-bond acceptors (Lipinski definition) is 3. The molecule has 0 unspecified atom stereocenters. The minimum atomic E-state index is -0.368. The van der Waals surface area contributed by atoms with Gasteiger partial charge in [-0.3, -0.25) is 15.6 Å². The Balaban J connectivity index is 2.51. The van der Waals surface area contributed by atoms with Gasteiger partial charge in [0.25, 0.3) is 0 Å². The van der Waals surface area contributed by atoms with E-state index >= 15 is 0 Å². The van der Waals surface area contributed by atoms with Crippen LogP contribution < -0.4 is 5.32 Å². The van der Waals surface area contributed by atoms with Gasteiger partial charge >= 0.3 is 0 Å². The Hall–Kier alpha value is -1.97. The molecule has 1 rings (SSSR count). The number of ketones is 1. The van der Waals surface area contributed by atoms with E-state index in [1.807, 2.05) is 30.3 Å². The summed E-state index contributed by atoms with van der Waals surface area (Å²) < 4.78 is 0. The first-order chi connectivity index (χ1) is 7.09. The van der Waals surface area contributed by atoms with Crippen molar-refractivity contribution in [3.63, 3.8) is 0 Å². The van der Waals surface area contributed by atoms with Crippen molar-refractivity contribution in [2.45, 2.75) is 13.3 Å². The van der Waals surface area contributed by atoms with Crippen molar-refractivity contribution in [3.05, 3.63) is 35.9 Å². The lowest BCUT2D eigenvalue weighted by atomic mass is 10.1. The Bertz CT molecular complexity index is 384. The van der Waals surface area contributed by atoms with Crippen LogP contribution in [-0.4, -0.2) is 17.5 Å². The normalized spacial score (nSPS) is 9.40. The Labute approximate surface area is 88.3 Å². The SMILES string of the molecule is CC(=O)C(=N)NC(=N)Cc1ccccc1. The number of nitrogens with one attached hydrogen (secondary N) is 3. The molecule has 0 aliphatic rings. The van der Waals surface area contributed by atoms with Crippen LogP contribution in [0, 0.1) is 10.8 Å². The summed E-state index contributed by atoms with van der Waals surface area (Å²) in [5.74, 6) is -0.454. The maximum absolute atomic E-state index is 10.7. The van der Waals surface area contributed by atoms with Gasteiger partial charge in [-0.05, 0) is 5.56 Å². The molecule has 0 atom stereocenters. The Morgan fingerprint density at radius 3 is 2.40 bits per heavy atom. The molecule has 0 spiro atoms. The second-order valence-electron chi connectivity index (χ2n) is 3.20. The lowest BCUT2D eigenvalue weighted by molar-refractivity contribution is -0.111. The van der Waals surface area contributed by atoms with E-state index in [4.69, 9.17) is 10.8 Å². The average Bonchev–Trinajstić information content (AvgIpc) is 2.18. The highest BCUT2D eigenvalue weighted by Gasteiger charge is 2.05. The molecule has 3 N–H and O–H groups in total. The molecule has 1 aromatic rings. The number of rotatable bonds is 3. The van der Waals surface area contributed by atoms with Crippen LogP contribution in [0.25, 0.3) is 0 Å². The lowest BCUT2D eigenvalue weighted by Crippen LogP contribution is -2.34. The van der Waals surface area contributed by atoms with Crippen molar-refractivity contribution in [2.75, 3.05) is 0 Å². The Morgan fingerprint density at radius 1 is 1.27 bits per heavy atom. The second-order valence-corrected chi connectivity index (χ2v) is 3.20. The number of benzene rings is 1. The molecule has 0 aliphatic carbocycles. The predicted molar refractivity (Wildman–Crippen MR) is 59.4 cm³/mol. The van der Waals surface area contributed by atoms with Crippen molar-refractivity contribution in [1.82, 2.24) is 5.32 Å². The summed E-state index contributed by atoms with van der Waals surface area (Å²) in [5.41, 5.74) is 0.978. The quantitative estimate of drug-likeness (QED) is 0.512. The smallest absolute Gasteiger partial charge is 0.194 e. The standard InChI is InChI=1S/C11H13N3O/c1-8(15)11(13)14-10(12)7-9-5-3-2-4-6-9/h2-6H,7H2,1H3,(H3,12,13,14). The number of Topliss-reactive ketones (excluding diaryl/α,β-unsaturated/α-hetero) is 1. The van der Waals surface area contributed by atoms with Gasteiger partial charge in [-0.2, -0.15) is 0 Å². The molecule has 4 heteroatoms. The summed E-state index contributed by atoms with van der Waals surface area (Å²) in [6, 6.07) is 9.47. The van der Waals surface area contributed by atoms with Crippen molar-refractivity contribution in [1.29, 1.82) is 10.8 Å². The highest BCUT2D eigenvalue weighted by molar-refractivity contribution is 6.39. The summed E-state index contributed by atoms with van der Waals surface area (Å²) >= 11 is 0. The Morgan fingerprint density at radius 2 is 1.87 bits per heavy atom. The van der Waals surface area contributed by atoms with Crippen molar-refractivity contribution >= 4 is 17.5 Å². The first-order valence-corrected chi connectivity index (χ1v) is 4.57. The predicted octanol–water partition coefficient (Wildman–Crippen LogP) is 1.36. The third-order valence-electron chi connectivity index (χ3n) is 1.85. The molecule has 0 fully saturated rings. The van der Waals surface area contributed by atoms with E-state index in [0.717, 1.165) is 5.56 Å². The van der Waals surface area contributed by atoms with E-state index in [1.165, 1.54) is 6.92 Å². The fourth-order valence-electron chi connectivity index (χ4n) is 1.08. The average molecular weight is 203 g/mol. The lowest BCUT2D eigenvalue weighted by Gasteiger charge is -2.06. The highest BCUT2D eigenvalue weighted by atomic mass is 16.1. The summed E-state index contributed by atoms with van der Waals surface area (Å²) in [5, 5.41) is 17.2.